The molecule has 1 saturated heterocycles. The van der Waals surface area contributed by atoms with Crippen molar-refractivity contribution in [1.29, 1.82) is 0 Å². The van der Waals surface area contributed by atoms with Crippen molar-refractivity contribution in [3.05, 3.63) is 76.6 Å². The standard InChI is InChI=1S/C31H43NO3/c1-22(2)30-25(5)31(23(3)18-29(30)35-21-27-10-8-7-9-11-27)32-16-14-28(24(4)19-32)13-12-26(20-33)15-17-34-6/h7-11,18,22,24,28,31H,5,12-17,19,21H2,1-4,6H3. The fourth-order valence-corrected chi connectivity index (χ4v) is 5.66. The molecule has 4 heteroatoms. The van der Waals surface area contributed by atoms with Crippen molar-refractivity contribution in [3.63, 3.8) is 0 Å². The van der Waals surface area contributed by atoms with Gasteiger partial charge in [0, 0.05) is 31.2 Å². The molecule has 0 radical (unpaired) electrons. The molecule has 2 aliphatic rings. The highest BCUT2D eigenvalue weighted by Gasteiger charge is 2.35. The summed E-state index contributed by atoms with van der Waals surface area (Å²) >= 11 is 0. The number of likely N-dealkylation sites (tertiary alicyclic amines) is 1. The van der Waals surface area contributed by atoms with Gasteiger partial charge in [0.1, 0.15) is 18.3 Å². The Kier molecular flexibility index (Phi) is 10.2. The molecule has 0 saturated carbocycles. The van der Waals surface area contributed by atoms with Gasteiger partial charge in [-0.05, 0) is 73.3 Å². The minimum absolute atomic E-state index is 0.229. The fourth-order valence-electron chi connectivity index (χ4n) is 5.66. The highest BCUT2D eigenvalue weighted by molar-refractivity contribution is 5.52. The van der Waals surface area contributed by atoms with Crippen molar-refractivity contribution in [1.82, 2.24) is 4.90 Å². The number of hydrogen-bond donors (Lipinski definition) is 0. The maximum absolute atomic E-state index is 11.3. The molecule has 1 aromatic carbocycles. The molecule has 3 unspecified atom stereocenters. The first-order valence-corrected chi connectivity index (χ1v) is 13.1. The van der Waals surface area contributed by atoms with Crippen LogP contribution < -0.4 is 0 Å². The lowest BCUT2D eigenvalue weighted by Crippen LogP contribution is -2.47. The molecule has 0 amide bonds. The fraction of sp³-hybridized carbons (Fsp3) is 0.548. The van der Waals surface area contributed by atoms with Gasteiger partial charge in [0.25, 0.3) is 0 Å². The second-order valence-corrected chi connectivity index (χ2v) is 10.5. The second kappa shape index (κ2) is 13.1. The van der Waals surface area contributed by atoms with Gasteiger partial charge in [-0.1, -0.05) is 57.7 Å². The smallest absolute Gasteiger partial charge is 0.123 e. The molecule has 1 aromatic rings. The van der Waals surface area contributed by atoms with Gasteiger partial charge in [0.2, 0.25) is 0 Å². The number of carbonyl (C=O) groups excluding carboxylic acids is 1. The summed E-state index contributed by atoms with van der Waals surface area (Å²) in [5, 5.41) is 0. The number of nitrogens with zero attached hydrogens (tertiary/aromatic N) is 1. The third-order valence-electron chi connectivity index (χ3n) is 7.59. The van der Waals surface area contributed by atoms with Crippen LogP contribution in [0.3, 0.4) is 0 Å². The van der Waals surface area contributed by atoms with Crippen molar-refractivity contribution >= 4 is 5.94 Å². The highest BCUT2D eigenvalue weighted by atomic mass is 16.5. The minimum atomic E-state index is 0.229. The topological polar surface area (TPSA) is 38.8 Å². The molecular formula is C31H43NO3. The number of ether oxygens (including phenoxy) is 2. The van der Waals surface area contributed by atoms with E-state index in [9.17, 15) is 4.79 Å². The number of benzene rings is 1. The molecule has 0 spiro atoms. The van der Waals surface area contributed by atoms with E-state index in [2.05, 4.69) is 63.3 Å². The van der Waals surface area contributed by atoms with Crippen molar-refractivity contribution in [2.75, 3.05) is 26.8 Å². The summed E-state index contributed by atoms with van der Waals surface area (Å²) in [6.07, 6.45) is 5.97. The Labute approximate surface area is 212 Å². The van der Waals surface area contributed by atoms with E-state index in [4.69, 9.17) is 9.47 Å². The van der Waals surface area contributed by atoms with Gasteiger partial charge in [-0.15, -0.1) is 0 Å². The molecule has 1 fully saturated rings. The molecule has 3 atom stereocenters. The molecule has 0 N–H and O–H groups in total. The van der Waals surface area contributed by atoms with Crippen LogP contribution in [0.1, 0.15) is 58.9 Å². The van der Waals surface area contributed by atoms with E-state index in [1.54, 1.807) is 7.11 Å². The predicted octanol–water partition coefficient (Wildman–Crippen LogP) is 6.53. The zero-order valence-corrected chi connectivity index (χ0v) is 22.3. The summed E-state index contributed by atoms with van der Waals surface area (Å²) in [6, 6.07) is 10.6. The summed E-state index contributed by atoms with van der Waals surface area (Å²) in [5.74, 6) is 4.65. The van der Waals surface area contributed by atoms with Crippen LogP contribution in [0.2, 0.25) is 0 Å². The van der Waals surface area contributed by atoms with E-state index in [0.29, 0.717) is 37.4 Å². The maximum atomic E-state index is 11.3. The molecule has 1 heterocycles. The summed E-state index contributed by atoms with van der Waals surface area (Å²) in [6.45, 7) is 16.9. The lowest BCUT2D eigenvalue weighted by atomic mass is 9.78. The van der Waals surface area contributed by atoms with Gasteiger partial charge in [-0.2, -0.15) is 0 Å². The molecule has 190 valence electrons. The van der Waals surface area contributed by atoms with Gasteiger partial charge in [0.15, 0.2) is 0 Å². The number of rotatable bonds is 11. The highest BCUT2D eigenvalue weighted by Crippen LogP contribution is 2.39. The Balaban J connectivity index is 1.65. The number of allylic oxidation sites excluding steroid dienone is 1. The SMILES string of the molecule is C=C1C(C(C)C)=C(OCc2ccccc2)C=C(C)C1N1CCC(CCC(=C=O)CCOC)C(C)C1. The normalized spacial score (nSPS) is 23.3. The van der Waals surface area contributed by atoms with Gasteiger partial charge >= 0.3 is 0 Å². The number of piperidine rings is 1. The lowest BCUT2D eigenvalue weighted by molar-refractivity contribution is 0.107. The number of hydrogen-bond acceptors (Lipinski definition) is 4. The van der Waals surface area contributed by atoms with E-state index in [1.807, 2.05) is 18.2 Å². The van der Waals surface area contributed by atoms with Gasteiger partial charge in [0.05, 0.1) is 12.6 Å². The van der Waals surface area contributed by atoms with Gasteiger partial charge in [-0.25, -0.2) is 4.79 Å². The molecule has 4 nitrogen and oxygen atoms in total. The van der Waals surface area contributed by atoms with Crippen LogP contribution >= 0.6 is 0 Å². The molecule has 35 heavy (non-hydrogen) atoms. The van der Waals surface area contributed by atoms with Crippen LogP contribution in [0.15, 0.2) is 71.0 Å². The Morgan fingerprint density at radius 2 is 1.97 bits per heavy atom. The van der Waals surface area contributed by atoms with E-state index >= 15 is 0 Å². The predicted molar refractivity (Wildman–Crippen MR) is 144 cm³/mol. The Bertz CT molecular complexity index is 968. The van der Waals surface area contributed by atoms with Crippen LogP contribution in [-0.2, 0) is 20.9 Å². The first-order valence-electron chi connectivity index (χ1n) is 13.1. The van der Waals surface area contributed by atoms with Crippen LogP contribution in [-0.4, -0.2) is 43.7 Å². The summed E-state index contributed by atoms with van der Waals surface area (Å²) in [7, 11) is 1.67. The maximum Gasteiger partial charge on any atom is 0.123 e. The summed E-state index contributed by atoms with van der Waals surface area (Å²) < 4.78 is 11.5. The van der Waals surface area contributed by atoms with Gasteiger partial charge in [-0.3, -0.25) is 4.90 Å². The van der Waals surface area contributed by atoms with E-state index < -0.39 is 0 Å². The number of methoxy groups -OCH3 is 1. The molecule has 0 bridgehead atoms. The Morgan fingerprint density at radius 1 is 1.23 bits per heavy atom. The van der Waals surface area contributed by atoms with Crippen molar-refractivity contribution < 1.29 is 14.3 Å². The average molecular weight is 478 g/mol. The molecular weight excluding hydrogens is 434 g/mol. The van der Waals surface area contributed by atoms with Crippen LogP contribution in [0.5, 0.6) is 0 Å². The average Bonchev–Trinajstić information content (AvgIpc) is 2.84. The lowest BCUT2D eigenvalue weighted by Gasteiger charge is -2.44. The van der Waals surface area contributed by atoms with E-state index in [1.165, 1.54) is 22.3 Å². The quantitative estimate of drug-likeness (QED) is 0.340. The zero-order chi connectivity index (χ0) is 25.4. The zero-order valence-electron chi connectivity index (χ0n) is 22.3. The van der Waals surface area contributed by atoms with Crippen LogP contribution in [0.4, 0.5) is 0 Å². The molecule has 1 aliphatic heterocycles. The van der Waals surface area contributed by atoms with Crippen LogP contribution in [0.25, 0.3) is 0 Å². The van der Waals surface area contributed by atoms with E-state index in [0.717, 1.165) is 43.7 Å². The van der Waals surface area contributed by atoms with Crippen molar-refractivity contribution in [2.45, 2.75) is 66.0 Å². The van der Waals surface area contributed by atoms with Crippen molar-refractivity contribution in [2.24, 2.45) is 17.8 Å². The largest absolute Gasteiger partial charge is 0.489 e. The molecule has 0 aromatic heterocycles. The molecule has 1 aliphatic carbocycles. The Hall–Kier alpha value is -2.39. The first kappa shape index (κ1) is 27.2. The second-order valence-electron chi connectivity index (χ2n) is 10.5. The third-order valence-corrected chi connectivity index (χ3v) is 7.59. The van der Waals surface area contributed by atoms with Gasteiger partial charge < -0.3 is 9.47 Å². The minimum Gasteiger partial charge on any atom is -0.489 e. The monoisotopic (exact) mass is 477 g/mol. The Morgan fingerprint density at radius 3 is 2.60 bits per heavy atom. The first-order chi connectivity index (χ1) is 16.8. The van der Waals surface area contributed by atoms with E-state index in [-0.39, 0.29) is 6.04 Å². The molecule has 3 rings (SSSR count). The van der Waals surface area contributed by atoms with Crippen molar-refractivity contribution in [3.8, 4) is 0 Å². The third kappa shape index (κ3) is 7.07. The summed E-state index contributed by atoms with van der Waals surface area (Å²) in [4.78, 5) is 13.9. The summed E-state index contributed by atoms with van der Waals surface area (Å²) in [5.41, 5.74) is 5.76. The van der Waals surface area contributed by atoms with Crippen LogP contribution in [0, 0.1) is 17.8 Å².